The van der Waals surface area contributed by atoms with E-state index in [0.717, 1.165) is 13.0 Å². The highest BCUT2D eigenvalue weighted by Gasteiger charge is 2.06. The first-order chi connectivity index (χ1) is 4.97. The average Bonchev–Trinajstić information content (AvgIpc) is 1.86. The van der Waals surface area contributed by atoms with E-state index in [9.17, 15) is 0 Å². The summed E-state index contributed by atoms with van der Waals surface area (Å²) < 4.78 is 0. The van der Waals surface area contributed by atoms with Gasteiger partial charge in [0.05, 0.1) is 0 Å². The second-order valence-electron chi connectivity index (χ2n) is 4.10. The Morgan fingerprint density at radius 1 is 1.00 bits per heavy atom. The Bertz CT molecular complexity index is 59.8. The highest BCUT2D eigenvalue weighted by molar-refractivity contribution is 4.58. The Labute approximate surface area is 72.4 Å². The zero-order valence-electron chi connectivity index (χ0n) is 8.91. The van der Waals surface area contributed by atoms with Crippen molar-refractivity contribution >= 4 is 0 Å². The molecular formula is C10H25N. The second kappa shape index (κ2) is 8.06. The molecule has 0 aromatic heterocycles. The van der Waals surface area contributed by atoms with Gasteiger partial charge in [-0.3, -0.25) is 0 Å². The van der Waals surface area contributed by atoms with E-state index in [2.05, 4.69) is 34.6 Å². The molecule has 0 saturated carbocycles. The summed E-state index contributed by atoms with van der Waals surface area (Å²) in [5, 5.41) is 0. The highest BCUT2D eigenvalue weighted by atomic mass is 14.5. The summed E-state index contributed by atoms with van der Waals surface area (Å²) in [6.45, 7) is 11.9. The van der Waals surface area contributed by atoms with Gasteiger partial charge in [-0.25, -0.2) is 0 Å². The lowest BCUT2D eigenvalue weighted by atomic mass is 9.91. The molecule has 0 saturated heterocycles. The van der Waals surface area contributed by atoms with Crippen LogP contribution in [-0.2, 0) is 0 Å². The van der Waals surface area contributed by atoms with Gasteiger partial charge in [0, 0.05) is 0 Å². The third kappa shape index (κ3) is 25.7. The van der Waals surface area contributed by atoms with Gasteiger partial charge >= 0.3 is 0 Å². The first-order valence-corrected chi connectivity index (χ1v) is 4.68. The minimum atomic E-state index is 0.550. The average molecular weight is 159 g/mol. The van der Waals surface area contributed by atoms with Crippen LogP contribution in [0.25, 0.3) is 0 Å². The van der Waals surface area contributed by atoms with E-state index in [1.807, 2.05) is 0 Å². The monoisotopic (exact) mass is 159 g/mol. The molecule has 11 heavy (non-hydrogen) atoms. The van der Waals surface area contributed by atoms with Crippen molar-refractivity contribution < 1.29 is 0 Å². The van der Waals surface area contributed by atoms with Crippen LogP contribution in [0.3, 0.4) is 0 Å². The van der Waals surface area contributed by atoms with Crippen LogP contribution in [0.4, 0.5) is 0 Å². The molecule has 0 aliphatic heterocycles. The topological polar surface area (TPSA) is 26.0 Å². The summed E-state index contributed by atoms with van der Waals surface area (Å²) in [6.07, 6.45) is 3.75. The molecule has 0 amide bonds. The van der Waals surface area contributed by atoms with Crippen molar-refractivity contribution in [2.45, 2.75) is 53.9 Å². The van der Waals surface area contributed by atoms with E-state index in [0.29, 0.717) is 5.41 Å². The lowest BCUT2D eigenvalue weighted by molar-refractivity contribution is 0.373. The van der Waals surface area contributed by atoms with Crippen LogP contribution in [0.15, 0.2) is 0 Å². The van der Waals surface area contributed by atoms with Crippen LogP contribution in [0.2, 0.25) is 0 Å². The molecule has 0 fully saturated rings. The second-order valence-corrected chi connectivity index (χ2v) is 4.10. The standard InChI is InChI=1S/C7H16.C3H9N/c1-5-6-7(2,3)4;1-2-3-4/h5-6H2,1-4H3;2-4H2,1H3. The fourth-order valence-corrected chi connectivity index (χ4v) is 0.750. The first kappa shape index (κ1) is 13.5. The lowest BCUT2D eigenvalue weighted by Crippen LogP contribution is -2.02. The normalized spacial score (nSPS) is 10.4. The maximum atomic E-state index is 5.03. The van der Waals surface area contributed by atoms with Gasteiger partial charge in [-0.1, -0.05) is 41.0 Å². The van der Waals surface area contributed by atoms with Gasteiger partial charge < -0.3 is 5.73 Å². The third-order valence-corrected chi connectivity index (χ3v) is 1.29. The fraction of sp³-hybridized carbons (Fsp3) is 1.00. The highest BCUT2D eigenvalue weighted by Crippen LogP contribution is 2.19. The molecule has 0 aliphatic rings. The largest absolute Gasteiger partial charge is 0.330 e. The van der Waals surface area contributed by atoms with E-state index in [1.54, 1.807) is 0 Å². The molecule has 0 heterocycles. The van der Waals surface area contributed by atoms with Crippen molar-refractivity contribution in [2.24, 2.45) is 11.1 Å². The smallest absolute Gasteiger partial charge is 0.00799 e. The van der Waals surface area contributed by atoms with Crippen molar-refractivity contribution in [2.75, 3.05) is 6.54 Å². The van der Waals surface area contributed by atoms with Gasteiger partial charge in [0.1, 0.15) is 0 Å². The van der Waals surface area contributed by atoms with Crippen LogP contribution >= 0.6 is 0 Å². The summed E-state index contributed by atoms with van der Waals surface area (Å²) in [5.74, 6) is 0. The molecule has 0 atom stereocenters. The van der Waals surface area contributed by atoms with Crippen molar-refractivity contribution in [3.63, 3.8) is 0 Å². The van der Waals surface area contributed by atoms with E-state index in [-0.39, 0.29) is 0 Å². The summed E-state index contributed by atoms with van der Waals surface area (Å²) in [6, 6.07) is 0. The van der Waals surface area contributed by atoms with E-state index in [4.69, 9.17) is 5.73 Å². The zero-order chi connectivity index (χ0) is 9.33. The third-order valence-electron chi connectivity index (χ3n) is 1.29. The summed E-state index contributed by atoms with van der Waals surface area (Å²) >= 11 is 0. The van der Waals surface area contributed by atoms with Gasteiger partial charge in [0.25, 0.3) is 0 Å². The number of hydrogen-bond acceptors (Lipinski definition) is 1. The first-order valence-electron chi connectivity index (χ1n) is 4.68. The molecule has 70 valence electrons. The quantitative estimate of drug-likeness (QED) is 0.658. The van der Waals surface area contributed by atoms with Crippen molar-refractivity contribution in [3.8, 4) is 0 Å². The fourth-order valence-electron chi connectivity index (χ4n) is 0.750. The maximum absolute atomic E-state index is 5.03. The maximum Gasteiger partial charge on any atom is -0.00799 e. The SMILES string of the molecule is CCCC(C)(C)C.CCCN. The Morgan fingerprint density at radius 3 is 1.36 bits per heavy atom. The Morgan fingerprint density at radius 2 is 1.36 bits per heavy atom. The van der Waals surface area contributed by atoms with E-state index >= 15 is 0 Å². The molecule has 2 N–H and O–H groups in total. The summed E-state index contributed by atoms with van der Waals surface area (Å²) in [4.78, 5) is 0. The van der Waals surface area contributed by atoms with Gasteiger partial charge in [-0.05, 0) is 24.8 Å². The molecule has 0 spiro atoms. The summed E-state index contributed by atoms with van der Waals surface area (Å²) in [5.41, 5.74) is 5.58. The minimum absolute atomic E-state index is 0.550. The van der Waals surface area contributed by atoms with Crippen LogP contribution in [0, 0.1) is 5.41 Å². The van der Waals surface area contributed by atoms with Crippen molar-refractivity contribution in [1.29, 1.82) is 0 Å². The Balaban J connectivity index is 0. The lowest BCUT2D eigenvalue weighted by Gasteiger charge is -2.15. The van der Waals surface area contributed by atoms with Gasteiger partial charge in [0.15, 0.2) is 0 Å². The molecule has 0 aromatic rings. The minimum Gasteiger partial charge on any atom is -0.330 e. The molecule has 1 nitrogen and oxygen atoms in total. The number of hydrogen-bond donors (Lipinski definition) is 1. The number of nitrogens with two attached hydrogens (primary N) is 1. The van der Waals surface area contributed by atoms with Crippen LogP contribution in [0.5, 0.6) is 0 Å². The van der Waals surface area contributed by atoms with Gasteiger partial charge in [0.2, 0.25) is 0 Å². The molecular weight excluding hydrogens is 134 g/mol. The number of rotatable bonds is 2. The molecule has 0 rings (SSSR count). The molecule has 0 aromatic carbocycles. The predicted octanol–water partition coefficient (Wildman–Crippen LogP) is 3.19. The summed E-state index contributed by atoms with van der Waals surface area (Å²) in [7, 11) is 0. The molecule has 0 aliphatic carbocycles. The van der Waals surface area contributed by atoms with Crippen molar-refractivity contribution in [1.82, 2.24) is 0 Å². The molecule has 0 radical (unpaired) electrons. The van der Waals surface area contributed by atoms with E-state index < -0.39 is 0 Å². The van der Waals surface area contributed by atoms with Crippen LogP contribution in [0.1, 0.15) is 53.9 Å². The molecule has 0 bridgehead atoms. The van der Waals surface area contributed by atoms with Crippen molar-refractivity contribution in [3.05, 3.63) is 0 Å². The Kier molecular flexibility index (Phi) is 9.92. The Hall–Kier alpha value is -0.0400. The molecule has 1 heteroatoms. The predicted molar refractivity (Wildman–Crippen MR) is 53.7 cm³/mol. The van der Waals surface area contributed by atoms with Crippen LogP contribution < -0.4 is 5.73 Å². The van der Waals surface area contributed by atoms with Gasteiger partial charge in [-0.15, -0.1) is 0 Å². The zero-order valence-corrected chi connectivity index (χ0v) is 8.91. The van der Waals surface area contributed by atoms with E-state index in [1.165, 1.54) is 12.8 Å². The van der Waals surface area contributed by atoms with Crippen LogP contribution in [-0.4, -0.2) is 6.54 Å². The van der Waals surface area contributed by atoms with Gasteiger partial charge in [-0.2, -0.15) is 0 Å². The molecule has 0 unspecified atom stereocenters.